The molecule has 0 saturated carbocycles. The van der Waals surface area contributed by atoms with Crippen molar-refractivity contribution in [1.29, 1.82) is 0 Å². The molecular weight excluding hydrogens is 306 g/mol. The van der Waals surface area contributed by atoms with Crippen molar-refractivity contribution >= 4 is 21.8 Å². The second kappa shape index (κ2) is 6.53. The summed E-state index contributed by atoms with van der Waals surface area (Å²) in [6.07, 6.45) is 1.79. The standard InChI is InChI=1S/C15H20BrNO2/c1-15(8-5-11-19-15)14(18)17(10-9-16)12-13-6-3-2-4-7-13/h2-4,6-7H,5,8-12H2,1H3. The van der Waals surface area contributed by atoms with E-state index >= 15 is 0 Å². The van der Waals surface area contributed by atoms with Gasteiger partial charge in [0.05, 0.1) is 0 Å². The summed E-state index contributed by atoms with van der Waals surface area (Å²) in [4.78, 5) is 14.5. The minimum absolute atomic E-state index is 0.105. The van der Waals surface area contributed by atoms with Gasteiger partial charge in [-0.3, -0.25) is 4.79 Å². The highest BCUT2D eigenvalue weighted by atomic mass is 79.9. The minimum atomic E-state index is -0.628. The van der Waals surface area contributed by atoms with E-state index in [1.54, 1.807) is 0 Å². The van der Waals surface area contributed by atoms with Crippen LogP contribution in [-0.4, -0.2) is 34.9 Å². The molecule has 1 heterocycles. The fraction of sp³-hybridized carbons (Fsp3) is 0.533. The maximum absolute atomic E-state index is 12.6. The average Bonchev–Trinajstić information content (AvgIpc) is 2.87. The van der Waals surface area contributed by atoms with E-state index in [9.17, 15) is 4.79 Å². The van der Waals surface area contributed by atoms with Gasteiger partial charge in [0.1, 0.15) is 5.60 Å². The number of carbonyl (C=O) groups excluding carboxylic acids is 1. The Balaban J connectivity index is 2.09. The molecule has 4 heteroatoms. The van der Waals surface area contributed by atoms with Gasteiger partial charge in [-0.2, -0.15) is 0 Å². The zero-order chi connectivity index (χ0) is 13.7. The predicted octanol–water partition coefficient (Wildman–Crippen LogP) is 2.98. The molecule has 1 saturated heterocycles. The van der Waals surface area contributed by atoms with Gasteiger partial charge in [0.25, 0.3) is 5.91 Å². The zero-order valence-corrected chi connectivity index (χ0v) is 12.9. The molecule has 0 N–H and O–H groups in total. The number of carbonyl (C=O) groups is 1. The van der Waals surface area contributed by atoms with Crippen molar-refractivity contribution in [1.82, 2.24) is 4.90 Å². The number of halogens is 1. The van der Waals surface area contributed by atoms with E-state index in [0.29, 0.717) is 19.7 Å². The Morgan fingerprint density at radius 2 is 2.16 bits per heavy atom. The van der Waals surface area contributed by atoms with Crippen LogP contribution in [0.15, 0.2) is 30.3 Å². The van der Waals surface area contributed by atoms with E-state index in [-0.39, 0.29) is 5.91 Å². The van der Waals surface area contributed by atoms with Crippen LogP contribution in [0.3, 0.4) is 0 Å². The summed E-state index contributed by atoms with van der Waals surface area (Å²) in [7, 11) is 0. The van der Waals surface area contributed by atoms with Crippen LogP contribution in [0.1, 0.15) is 25.3 Å². The minimum Gasteiger partial charge on any atom is -0.365 e. The van der Waals surface area contributed by atoms with Gasteiger partial charge in [-0.15, -0.1) is 0 Å². The van der Waals surface area contributed by atoms with E-state index < -0.39 is 5.60 Å². The number of hydrogen-bond donors (Lipinski definition) is 0. The number of amides is 1. The van der Waals surface area contributed by atoms with E-state index in [1.807, 2.05) is 42.2 Å². The SMILES string of the molecule is CC1(C(=O)N(CCBr)Cc2ccccc2)CCCO1. The number of hydrogen-bond acceptors (Lipinski definition) is 2. The Hall–Kier alpha value is -0.870. The first kappa shape index (κ1) is 14.5. The van der Waals surface area contributed by atoms with Gasteiger partial charge in [0.2, 0.25) is 0 Å². The number of alkyl halides is 1. The molecule has 1 aliphatic rings. The summed E-state index contributed by atoms with van der Waals surface area (Å²) < 4.78 is 5.66. The molecule has 3 nitrogen and oxygen atoms in total. The molecule has 0 radical (unpaired) electrons. The third-order valence-corrected chi connectivity index (χ3v) is 3.88. The zero-order valence-electron chi connectivity index (χ0n) is 11.3. The smallest absolute Gasteiger partial charge is 0.254 e. The third-order valence-electron chi connectivity index (χ3n) is 3.53. The van der Waals surface area contributed by atoms with Crippen LogP contribution in [0, 0.1) is 0 Å². The number of ether oxygens (including phenoxy) is 1. The van der Waals surface area contributed by atoms with Crippen molar-refractivity contribution in [2.75, 3.05) is 18.5 Å². The fourth-order valence-electron chi connectivity index (χ4n) is 2.44. The maximum atomic E-state index is 12.6. The van der Waals surface area contributed by atoms with E-state index in [4.69, 9.17) is 4.74 Å². The van der Waals surface area contributed by atoms with Crippen LogP contribution in [0.5, 0.6) is 0 Å². The molecule has 1 aromatic rings. The quantitative estimate of drug-likeness (QED) is 0.779. The second-order valence-electron chi connectivity index (χ2n) is 5.08. The van der Waals surface area contributed by atoms with E-state index in [1.165, 1.54) is 0 Å². The lowest BCUT2D eigenvalue weighted by Gasteiger charge is -2.31. The summed E-state index contributed by atoms with van der Waals surface area (Å²) in [6, 6.07) is 10.1. The van der Waals surface area contributed by atoms with Crippen molar-refractivity contribution in [3.63, 3.8) is 0 Å². The van der Waals surface area contributed by atoms with Crippen LogP contribution in [-0.2, 0) is 16.1 Å². The molecule has 0 aliphatic carbocycles. The average molecular weight is 326 g/mol. The topological polar surface area (TPSA) is 29.5 Å². The molecule has 0 aromatic heterocycles. The van der Waals surface area contributed by atoms with E-state index in [0.717, 1.165) is 23.7 Å². The van der Waals surface area contributed by atoms with Crippen molar-refractivity contribution < 1.29 is 9.53 Å². The molecule has 1 atom stereocenters. The number of benzene rings is 1. The molecule has 1 unspecified atom stereocenters. The molecule has 1 amide bonds. The number of rotatable bonds is 5. The molecule has 2 rings (SSSR count). The molecule has 0 bridgehead atoms. The lowest BCUT2D eigenvalue weighted by molar-refractivity contribution is -0.151. The summed E-state index contributed by atoms with van der Waals surface area (Å²) in [6.45, 7) is 3.95. The molecular formula is C15H20BrNO2. The van der Waals surface area contributed by atoms with Crippen molar-refractivity contribution in [2.45, 2.75) is 31.9 Å². The first-order valence-corrected chi connectivity index (χ1v) is 7.81. The van der Waals surface area contributed by atoms with Crippen molar-refractivity contribution in [3.8, 4) is 0 Å². The molecule has 0 spiro atoms. The Bertz CT molecular complexity index is 415. The van der Waals surface area contributed by atoms with Gasteiger partial charge in [-0.25, -0.2) is 0 Å². The first-order chi connectivity index (χ1) is 9.15. The van der Waals surface area contributed by atoms with Crippen LogP contribution >= 0.6 is 15.9 Å². The summed E-state index contributed by atoms with van der Waals surface area (Å²) in [5.74, 6) is 0.105. The van der Waals surface area contributed by atoms with Crippen molar-refractivity contribution in [3.05, 3.63) is 35.9 Å². The second-order valence-corrected chi connectivity index (χ2v) is 5.88. The highest BCUT2D eigenvalue weighted by Gasteiger charge is 2.40. The monoisotopic (exact) mass is 325 g/mol. The van der Waals surface area contributed by atoms with Gasteiger partial charge in [0.15, 0.2) is 0 Å². The fourth-order valence-corrected chi connectivity index (χ4v) is 2.87. The van der Waals surface area contributed by atoms with Gasteiger partial charge < -0.3 is 9.64 Å². The first-order valence-electron chi connectivity index (χ1n) is 6.69. The summed E-state index contributed by atoms with van der Waals surface area (Å²) in [5, 5.41) is 0.779. The molecule has 1 aromatic carbocycles. The van der Waals surface area contributed by atoms with Gasteiger partial charge in [0, 0.05) is 25.0 Å². The Kier molecular flexibility index (Phi) is 4.99. The molecule has 19 heavy (non-hydrogen) atoms. The van der Waals surface area contributed by atoms with Gasteiger partial charge in [-0.05, 0) is 25.3 Å². The molecule has 1 fully saturated rings. The molecule has 104 valence electrons. The third kappa shape index (κ3) is 3.57. The van der Waals surface area contributed by atoms with Gasteiger partial charge in [-0.1, -0.05) is 46.3 Å². The molecule has 1 aliphatic heterocycles. The highest BCUT2D eigenvalue weighted by molar-refractivity contribution is 9.09. The largest absolute Gasteiger partial charge is 0.365 e. The lowest BCUT2D eigenvalue weighted by Crippen LogP contribution is -2.47. The highest BCUT2D eigenvalue weighted by Crippen LogP contribution is 2.27. The maximum Gasteiger partial charge on any atom is 0.254 e. The normalized spacial score (nSPS) is 22.4. The Morgan fingerprint density at radius 1 is 1.42 bits per heavy atom. The van der Waals surface area contributed by atoms with Crippen LogP contribution < -0.4 is 0 Å². The predicted molar refractivity (Wildman–Crippen MR) is 79.2 cm³/mol. The summed E-state index contributed by atoms with van der Waals surface area (Å²) in [5.41, 5.74) is 0.523. The van der Waals surface area contributed by atoms with Crippen LogP contribution in [0.2, 0.25) is 0 Å². The van der Waals surface area contributed by atoms with Crippen LogP contribution in [0.4, 0.5) is 0 Å². The number of nitrogens with zero attached hydrogens (tertiary/aromatic N) is 1. The Morgan fingerprint density at radius 3 is 2.74 bits per heavy atom. The Labute approximate surface area is 123 Å². The van der Waals surface area contributed by atoms with Crippen LogP contribution in [0.25, 0.3) is 0 Å². The summed E-state index contributed by atoms with van der Waals surface area (Å²) >= 11 is 3.42. The van der Waals surface area contributed by atoms with Crippen molar-refractivity contribution in [2.24, 2.45) is 0 Å². The van der Waals surface area contributed by atoms with E-state index in [2.05, 4.69) is 15.9 Å². The lowest BCUT2D eigenvalue weighted by atomic mass is 10.0. The van der Waals surface area contributed by atoms with Gasteiger partial charge >= 0.3 is 0 Å².